The van der Waals surface area contributed by atoms with Crippen molar-refractivity contribution in [2.24, 2.45) is 0 Å². The smallest absolute Gasteiger partial charge is 0.232 e. The van der Waals surface area contributed by atoms with Gasteiger partial charge in [0.15, 0.2) is 5.78 Å². The van der Waals surface area contributed by atoms with Gasteiger partial charge in [0.05, 0.1) is 18.7 Å². The Morgan fingerprint density at radius 1 is 1.50 bits per heavy atom. The summed E-state index contributed by atoms with van der Waals surface area (Å²) in [5.41, 5.74) is 1.14. The van der Waals surface area contributed by atoms with Gasteiger partial charge in [0.25, 0.3) is 0 Å². The first-order valence-electron chi connectivity index (χ1n) is 5.70. The summed E-state index contributed by atoms with van der Waals surface area (Å²) in [7, 11) is 1.52. The van der Waals surface area contributed by atoms with Crippen molar-refractivity contribution in [2.45, 2.75) is 13.3 Å². The van der Waals surface area contributed by atoms with Crippen LogP contribution in [0.1, 0.15) is 23.7 Å². The monoisotopic (exact) mass is 249 g/mol. The molecule has 18 heavy (non-hydrogen) atoms. The maximum Gasteiger partial charge on any atom is 0.232 e. The minimum absolute atomic E-state index is 0.0492. The fraction of sp³-hybridized carbons (Fsp3) is 0.385. The average molecular weight is 249 g/mol. The average Bonchev–Trinajstić information content (AvgIpc) is 2.50. The molecule has 1 amide bonds. The van der Waals surface area contributed by atoms with Gasteiger partial charge in [-0.2, -0.15) is 0 Å². The van der Waals surface area contributed by atoms with Gasteiger partial charge in [-0.05, 0) is 25.1 Å². The predicted octanol–water partition coefficient (Wildman–Crippen LogP) is 1.61. The van der Waals surface area contributed by atoms with Crippen LogP contribution in [0.3, 0.4) is 0 Å². The van der Waals surface area contributed by atoms with Crippen molar-refractivity contribution >= 4 is 17.4 Å². The number of hydrogen-bond donors (Lipinski definition) is 0. The third-order valence-corrected chi connectivity index (χ3v) is 2.79. The number of Topliss-reactive ketones (excluding diaryl/α,β-unsaturated/α-hetero) is 1. The van der Waals surface area contributed by atoms with E-state index in [0.29, 0.717) is 30.0 Å². The Bertz CT molecular complexity index is 484. The predicted molar refractivity (Wildman–Crippen MR) is 65.9 cm³/mol. The SMILES string of the molecule is COCN1C(=O)CCOc2ccc(C(C)=O)cc21. The Kier molecular flexibility index (Phi) is 3.62. The number of ether oxygens (including phenoxy) is 2. The lowest BCUT2D eigenvalue weighted by Crippen LogP contribution is -2.32. The van der Waals surface area contributed by atoms with E-state index in [1.807, 2.05) is 0 Å². The standard InChI is InChI=1S/C13H15NO4/c1-9(15)10-3-4-12-11(7-10)14(8-17-2)13(16)5-6-18-12/h3-4,7H,5-6,8H2,1-2H3. The zero-order valence-corrected chi connectivity index (χ0v) is 10.4. The first-order chi connectivity index (χ1) is 8.63. The maximum absolute atomic E-state index is 11.9. The van der Waals surface area contributed by atoms with Crippen molar-refractivity contribution in [3.05, 3.63) is 23.8 Å². The van der Waals surface area contributed by atoms with Gasteiger partial charge in [0.2, 0.25) is 5.91 Å². The van der Waals surface area contributed by atoms with Crippen LogP contribution in [-0.2, 0) is 9.53 Å². The molecule has 0 atom stereocenters. The molecular weight excluding hydrogens is 234 g/mol. The first kappa shape index (κ1) is 12.6. The molecule has 1 aromatic carbocycles. The molecule has 1 aliphatic heterocycles. The number of fused-ring (bicyclic) bond motifs is 1. The quantitative estimate of drug-likeness (QED) is 0.764. The summed E-state index contributed by atoms with van der Waals surface area (Å²) in [6, 6.07) is 5.08. The number of nitrogens with zero attached hydrogens (tertiary/aromatic N) is 1. The molecule has 0 unspecified atom stereocenters. The van der Waals surface area contributed by atoms with Gasteiger partial charge in [-0.3, -0.25) is 14.5 Å². The number of carbonyl (C=O) groups excluding carboxylic acids is 2. The van der Waals surface area contributed by atoms with E-state index in [9.17, 15) is 9.59 Å². The largest absolute Gasteiger partial charge is 0.491 e. The molecule has 0 bridgehead atoms. The summed E-state index contributed by atoms with van der Waals surface area (Å²) in [6.45, 7) is 1.98. The number of carbonyl (C=O) groups is 2. The number of hydrogen-bond acceptors (Lipinski definition) is 4. The summed E-state index contributed by atoms with van der Waals surface area (Å²) >= 11 is 0. The van der Waals surface area contributed by atoms with E-state index in [2.05, 4.69) is 0 Å². The molecule has 96 valence electrons. The highest BCUT2D eigenvalue weighted by Gasteiger charge is 2.23. The highest BCUT2D eigenvalue weighted by molar-refractivity contribution is 5.99. The number of methoxy groups -OCH3 is 1. The zero-order valence-electron chi connectivity index (χ0n) is 10.4. The topological polar surface area (TPSA) is 55.8 Å². The fourth-order valence-corrected chi connectivity index (χ4v) is 1.86. The second-order valence-corrected chi connectivity index (χ2v) is 4.08. The molecule has 1 heterocycles. The molecule has 0 radical (unpaired) electrons. The maximum atomic E-state index is 11.9. The van der Waals surface area contributed by atoms with E-state index in [0.717, 1.165) is 0 Å². The lowest BCUT2D eigenvalue weighted by Gasteiger charge is -2.21. The molecule has 0 fully saturated rings. The molecule has 1 aromatic rings. The molecule has 1 aliphatic rings. The van der Waals surface area contributed by atoms with Crippen LogP contribution in [0, 0.1) is 0 Å². The van der Waals surface area contributed by atoms with Gasteiger partial charge in [-0.25, -0.2) is 0 Å². The van der Waals surface area contributed by atoms with E-state index in [4.69, 9.17) is 9.47 Å². The number of anilines is 1. The molecule has 0 saturated carbocycles. The molecule has 0 spiro atoms. The van der Waals surface area contributed by atoms with E-state index >= 15 is 0 Å². The molecule has 2 rings (SSSR count). The van der Waals surface area contributed by atoms with Crippen molar-refractivity contribution in [1.29, 1.82) is 0 Å². The van der Waals surface area contributed by atoms with Crippen LogP contribution in [0.2, 0.25) is 0 Å². The van der Waals surface area contributed by atoms with Crippen LogP contribution in [0.4, 0.5) is 5.69 Å². The van der Waals surface area contributed by atoms with Gasteiger partial charge in [0.1, 0.15) is 12.5 Å². The normalized spacial score (nSPS) is 14.8. The lowest BCUT2D eigenvalue weighted by atomic mass is 10.1. The second kappa shape index (κ2) is 5.18. The van der Waals surface area contributed by atoms with Crippen molar-refractivity contribution in [3.63, 3.8) is 0 Å². The third kappa shape index (κ3) is 2.36. The first-order valence-corrected chi connectivity index (χ1v) is 5.70. The minimum atomic E-state index is -0.0729. The third-order valence-electron chi connectivity index (χ3n) is 2.79. The molecular formula is C13H15NO4. The van der Waals surface area contributed by atoms with Crippen LogP contribution in [-0.4, -0.2) is 32.1 Å². The highest BCUT2D eigenvalue weighted by Crippen LogP contribution is 2.32. The summed E-state index contributed by atoms with van der Waals surface area (Å²) in [4.78, 5) is 24.8. The van der Waals surface area contributed by atoms with Crippen LogP contribution in [0.25, 0.3) is 0 Å². The number of ketones is 1. The Balaban J connectivity index is 2.47. The van der Waals surface area contributed by atoms with E-state index in [-0.39, 0.29) is 18.4 Å². The lowest BCUT2D eigenvalue weighted by molar-refractivity contribution is -0.119. The van der Waals surface area contributed by atoms with Gasteiger partial charge in [-0.1, -0.05) is 0 Å². The Hall–Kier alpha value is -1.88. The number of rotatable bonds is 3. The van der Waals surface area contributed by atoms with Crippen molar-refractivity contribution in [2.75, 3.05) is 25.3 Å². The molecule has 0 N–H and O–H groups in total. The van der Waals surface area contributed by atoms with Gasteiger partial charge in [-0.15, -0.1) is 0 Å². The molecule has 5 nitrogen and oxygen atoms in total. The van der Waals surface area contributed by atoms with Crippen LogP contribution >= 0.6 is 0 Å². The second-order valence-electron chi connectivity index (χ2n) is 4.08. The molecule has 5 heteroatoms. The summed E-state index contributed by atoms with van der Waals surface area (Å²) in [5.74, 6) is 0.478. The Morgan fingerprint density at radius 3 is 2.94 bits per heavy atom. The Morgan fingerprint density at radius 2 is 2.28 bits per heavy atom. The number of amides is 1. The van der Waals surface area contributed by atoms with Gasteiger partial charge < -0.3 is 9.47 Å². The fourth-order valence-electron chi connectivity index (χ4n) is 1.86. The minimum Gasteiger partial charge on any atom is -0.491 e. The zero-order chi connectivity index (χ0) is 13.1. The summed E-state index contributed by atoms with van der Waals surface area (Å²) in [6.07, 6.45) is 0.299. The van der Waals surface area contributed by atoms with Crippen LogP contribution in [0.15, 0.2) is 18.2 Å². The molecule has 0 aliphatic carbocycles. The summed E-state index contributed by atoms with van der Waals surface area (Å²) in [5, 5.41) is 0. The van der Waals surface area contributed by atoms with E-state index < -0.39 is 0 Å². The van der Waals surface area contributed by atoms with Crippen LogP contribution in [0.5, 0.6) is 5.75 Å². The number of benzene rings is 1. The van der Waals surface area contributed by atoms with Crippen molar-refractivity contribution in [1.82, 2.24) is 0 Å². The van der Waals surface area contributed by atoms with Gasteiger partial charge >= 0.3 is 0 Å². The molecule has 0 saturated heterocycles. The van der Waals surface area contributed by atoms with Gasteiger partial charge in [0, 0.05) is 12.7 Å². The molecule has 0 aromatic heterocycles. The van der Waals surface area contributed by atoms with Crippen LogP contribution < -0.4 is 9.64 Å². The van der Waals surface area contributed by atoms with Crippen molar-refractivity contribution < 1.29 is 19.1 Å². The van der Waals surface area contributed by atoms with E-state index in [1.165, 1.54) is 18.9 Å². The van der Waals surface area contributed by atoms with E-state index in [1.54, 1.807) is 18.2 Å². The van der Waals surface area contributed by atoms with Crippen molar-refractivity contribution in [3.8, 4) is 5.75 Å². The summed E-state index contributed by atoms with van der Waals surface area (Å²) < 4.78 is 10.5. The highest BCUT2D eigenvalue weighted by atomic mass is 16.5. The Labute approximate surface area is 105 Å².